The molecule has 0 saturated heterocycles. The zero-order valence-corrected chi connectivity index (χ0v) is 11.0. The summed E-state index contributed by atoms with van der Waals surface area (Å²) in [6, 6.07) is 0. The molecule has 1 amide bonds. The fourth-order valence-corrected chi connectivity index (χ4v) is 1.71. The molecule has 0 aromatic heterocycles. The molecule has 0 aliphatic carbocycles. The van der Waals surface area contributed by atoms with Gasteiger partial charge in [-0.1, -0.05) is 39.0 Å². The summed E-state index contributed by atoms with van der Waals surface area (Å²) in [6.45, 7) is 1.62. The van der Waals surface area contributed by atoms with Crippen molar-refractivity contribution in [1.29, 1.82) is 0 Å². The van der Waals surface area contributed by atoms with Crippen molar-refractivity contribution in [3.8, 4) is 0 Å². The van der Waals surface area contributed by atoms with Crippen LogP contribution in [0.1, 0.15) is 45.4 Å². The Hall–Kier alpha value is -0.850. The van der Waals surface area contributed by atoms with Gasteiger partial charge >= 0.3 is 6.09 Å². The maximum Gasteiger partial charge on any atom is 0.409 e. The first-order valence-electron chi connectivity index (χ1n) is 6.51. The topological polar surface area (TPSA) is 101 Å². The highest BCUT2D eigenvalue weighted by molar-refractivity contribution is 5.65. The lowest BCUT2D eigenvalue weighted by molar-refractivity contribution is -0.0880. The number of carbonyl (C=O) groups is 1. The van der Waals surface area contributed by atoms with Gasteiger partial charge in [0.1, 0.15) is 6.10 Å². The summed E-state index contributed by atoms with van der Waals surface area (Å²) in [5.74, 6) is 0. The molecule has 0 aromatic rings. The molecule has 108 valence electrons. The van der Waals surface area contributed by atoms with E-state index in [4.69, 9.17) is 10.2 Å². The lowest BCUT2D eigenvalue weighted by Gasteiger charge is -2.27. The molecule has 0 fully saturated rings. The lowest BCUT2D eigenvalue weighted by atomic mass is 10.1. The molecule has 0 saturated carbocycles. The van der Waals surface area contributed by atoms with Gasteiger partial charge in [0.2, 0.25) is 0 Å². The highest BCUT2D eigenvalue weighted by Crippen LogP contribution is 2.09. The summed E-state index contributed by atoms with van der Waals surface area (Å²) in [6.07, 6.45) is 1.73. The zero-order chi connectivity index (χ0) is 14.0. The van der Waals surface area contributed by atoms with Crippen molar-refractivity contribution in [1.82, 2.24) is 4.90 Å². The molecule has 18 heavy (non-hydrogen) atoms. The second-order valence-electron chi connectivity index (χ2n) is 4.41. The first kappa shape index (κ1) is 17.2. The fraction of sp³-hybridized carbons (Fsp3) is 0.917. The van der Waals surface area contributed by atoms with Crippen molar-refractivity contribution >= 4 is 6.09 Å². The zero-order valence-electron chi connectivity index (χ0n) is 11.0. The van der Waals surface area contributed by atoms with Gasteiger partial charge in [0.05, 0.1) is 6.61 Å². The van der Waals surface area contributed by atoms with E-state index in [0.29, 0.717) is 6.42 Å². The number of hydrogen-bond donors (Lipinski definition) is 4. The Morgan fingerprint density at radius 2 is 1.67 bits per heavy atom. The van der Waals surface area contributed by atoms with Crippen molar-refractivity contribution in [2.24, 2.45) is 0 Å². The third kappa shape index (κ3) is 6.78. The van der Waals surface area contributed by atoms with Crippen LogP contribution in [0, 0.1) is 0 Å². The standard InChI is InChI=1S/C12H25NO5/c1-2-3-4-5-6-7-8-13(12(17)18)11(16)10(15)9-14/h10-11,14-16H,2-9H2,1H3,(H,17,18). The van der Waals surface area contributed by atoms with Crippen LogP contribution in [0.2, 0.25) is 0 Å². The first-order chi connectivity index (χ1) is 8.54. The fourth-order valence-electron chi connectivity index (χ4n) is 1.71. The van der Waals surface area contributed by atoms with Crippen molar-refractivity contribution in [3.63, 3.8) is 0 Å². The van der Waals surface area contributed by atoms with Crippen molar-refractivity contribution < 1.29 is 25.2 Å². The predicted octanol–water partition coefficient (Wildman–Crippen LogP) is 0.999. The van der Waals surface area contributed by atoms with Crippen LogP contribution in [0.25, 0.3) is 0 Å². The number of amides is 1. The van der Waals surface area contributed by atoms with Crippen LogP contribution in [0.5, 0.6) is 0 Å². The molecule has 0 spiro atoms. The van der Waals surface area contributed by atoms with Gasteiger partial charge in [-0.2, -0.15) is 0 Å². The van der Waals surface area contributed by atoms with E-state index in [1.54, 1.807) is 0 Å². The first-order valence-corrected chi connectivity index (χ1v) is 6.51. The van der Waals surface area contributed by atoms with Crippen LogP contribution >= 0.6 is 0 Å². The molecule has 0 bridgehead atoms. The smallest absolute Gasteiger partial charge is 0.409 e. The van der Waals surface area contributed by atoms with E-state index < -0.39 is 25.0 Å². The highest BCUT2D eigenvalue weighted by atomic mass is 16.4. The third-order valence-electron chi connectivity index (χ3n) is 2.85. The molecular formula is C12H25NO5. The molecule has 2 atom stereocenters. The molecule has 0 aliphatic heterocycles. The van der Waals surface area contributed by atoms with Gasteiger partial charge in [0.25, 0.3) is 0 Å². The van der Waals surface area contributed by atoms with Crippen molar-refractivity contribution in [2.45, 2.75) is 57.8 Å². The van der Waals surface area contributed by atoms with E-state index in [9.17, 15) is 15.0 Å². The number of aliphatic hydroxyl groups is 3. The van der Waals surface area contributed by atoms with Gasteiger partial charge in [-0.3, -0.25) is 4.90 Å². The Kier molecular flexibility index (Phi) is 9.63. The van der Waals surface area contributed by atoms with Crippen LogP contribution < -0.4 is 0 Å². The maximum atomic E-state index is 10.9. The molecule has 0 heterocycles. The molecule has 4 N–H and O–H groups in total. The summed E-state index contributed by atoms with van der Waals surface area (Å²) < 4.78 is 0. The van der Waals surface area contributed by atoms with Crippen LogP contribution in [0.3, 0.4) is 0 Å². The van der Waals surface area contributed by atoms with E-state index in [-0.39, 0.29) is 6.54 Å². The summed E-state index contributed by atoms with van der Waals surface area (Å²) in [7, 11) is 0. The minimum absolute atomic E-state index is 0.166. The van der Waals surface area contributed by atoms with Crippen LogP contribution in [-0.2, 0) is 0 Å². The van der Waals surface area contributed by atoms with Crippen molar-refractivity contribution in [3.05, 3.63) is 0 Å². The largest absolute Gasteiger partial charge is 0.465 e. The van der Waals surface area contributed by atoms with Gasteiger partial charge in [-0.05, 0) is 6.42 Å². The van der Waals surface area contributed by atoms with Crippen molar-refractivity contribution in [2.75, 3.05) is 13.2 Å². The molecule has 0 aromatic carbocycles. The van der Waals surface area contributed by atoms with E-state index in [2.05, 4.69) is 6.92 Å². The average Bonchev–Trinajstić information content (AvgIpc) is 2.35. The molecule has 0 rings (SSSR count). The monoisotopic (exact) mass is 263 g/mol. The van der Waals surface area contributed by atoms with Crippen LogP contribution in [0.4, 0.5) is 4.79 Å². The number of hydrogen-bond acceptors (Lipinski definition) is 4. The molecular weight excluding hydrogens is 238 g/mol. The van der Waals surface area contributed by atoms with Gasteiger partial charge in [0, 0.05) is 6.54 Å². The minimum atomic E-state index is -1.57. The minimum Gasteiger partial charge on any atom is -0.465 e. The quantitative estimate of drug-likeness (QED) is 0.348. The van der Waals surface area contributed by atoms with Gasteiger partial charge in [-0.15, -0.1) is 0 Å². The SMILES string of the molecule is CCCCCCCCN(C(=O)O)C(O)C(O)CO. The van der Waals surface area contributed by atoms with E-state index in [1.165, 1.54) is 6.42 Å². The number of nitrogens with zero attached hydrogens (tertiary/aromatic N) is 1. The molecule has 0 aliphatic rings. The highest BCUT2D eigenvalue weighted by Gasteiger charge is 2.26. The molecule has 2 unspecified atom stereocenters. The second-order valence-corrected chi connectivity index (χ2v) is 4.41. The normalized spacial score (nSPS) is 14.2. The second kappa shape index (κ2) is 10.1. The Morgan fingerprint density at radius 3 is 2.17 bits per heavy atom. The Morgan fingerprint density at radius 1 is 1.11 bits per heavy atom. The van der Waals surface area contributed by atoms with E-state index >= 15 is 0 Å². The van der Waals surface area contributed by atoms with Gasteiger partial charge in [0.15, 0.2) is 6.23 Å². The number of aliphatic hydroxyl groups excluding tert-OH is 3. The Labute approximate surface area is 108 Å². The van der Waals surface area contributed by atoms with Crippen LogP contribution in [0.15, 0.2) is 0 Å². The summed E-state index contributed by atoms with van der Waals surface area (Å²) >= 11 is 0. The Balaban J connectivity index is 3.94. The van der Waals surface area contributed by atoms with E-state index in [1.807, 2.05) is 0 Å². The molecule has 0 radical (unpaired) electrons. The number of rotatable bonds is 10. The van der Waals surface area contributed by atoms with Gasteiger partial charge < -0.3 is 20.4 Å². The average molecular weight is 263 g/mol. The lowest BCUT2D eigenvalue weighted by Crippen LogP contribution is -2.48. The number of carboxylic acid groups (broad SMARTS) is 1. The van der Waals surface area contributed by atoms with Gasteiger partial charge in [-0.25, -0.2) is 4.79 Å². The summed E-state index contributed by atoms with van der Waals surface area (Å²) in [4.78, 5) is 11.7. The Bertz CT molecular complexity index is 225. The molecule has 6 heteroatoms. The molecule has 6 nitrogen and oxygen atoms in total. The maximum absolute atomic E-state index is 10.9. The summed E-state index contributed by atoms with van der Waals surface area (Å²) in [5, 5.41) is 36.3. The van der Waals surface area contributed by atoms with Crippen LogP contribution in [-0.4, -0.2) is 56.9 Å². The predicted molar refractivity (Wildman–Crippen MR) is 67.2 cm³/mol. The summed E-state index contributed by atoms with van der Waals surface area (Å²) in [5.41, 5.74) is 0. The van der Waals surface area contributed by atoms with E-state index in [0.717, 1.165) is 30.6 Å². The number of unbranched alkanes of at least 4 members (excludes halogenated alkanes) is 5. The third-order valence-corrected chi connectivity index (χ3v) is 2.85.